The topological polar surface area (TPSA) is 42.5 Å². The third-order valence-corrected chi connectivity index (χ3v) is 3.96. The summed E-state index contributed by atoms with van der Waals surface area (Å²) in [6.45, 7) is 2.13. The fourth-order valence-electron chi connectivity index (χ4n) is 2.38. The summed E-state index contributed by atoms with van der Waals surface area (Å²) in [5, 5.41) is 7.08. The summed E-state index contributed by atoms with van der Waals surface area (Å²) in [7, 11) is 3.25. The Hall–Kier alpha value is -2.27. The van der Waals surface area contributed by atoms with E-state index in [0.717, 1.165) is 24.3 Å². The van der Waals surface area contributed by atoms with Gasteiger partial charge in [-0.25, -0.2) is 0 Å². The van der Waals surface area contributed by atoms with Crippen molar-refractivity contribution in [2.75, 3.05) is 19.5 Å². The van der Waals surface area contributed by atoms with Gasteiger partial charge < -0.3 is 20.1 Å². The van der Waals surface area contributed by atoms with Crippen molar-refractivity contribution in [1.82, 2.24) is 5.32 Å². The third kappa shape index (κ3) is 5.42. The van der Waals surface area contributed by atoms with Gasteiger partial charge in [-0.05, 0) is 49.7 Å². The van der Waals surface area contributed by atoms with Gasteiger partial charge in [0.15, 0.2) is 5.11 Å². The molecule has 0 saturated heterocycles. The normalized spacial score (nSPS) is 11.5. The highest BCUT2D eigenvalue weighted by atomic mass is 32.1. The van der Waals surface area contributed by atoms with Crippen molar-refractivity contribution in [2.45, 2.75) is 25.8 Å². The van der Waals surface area contributed by atoms with Gasteiger partial charge in [-0.15, -0.1) is 0 Å². The predicted octanol–water partition coefficient (Wildman–Crippen LogP) is 4.01. The Morgan fingerprint density at radius 3 is 2.50 bits per heavy atom. The third-order valence-electron chi connectivity index (χ3n) is 3.74. The first-order chi connectivity index (χ1) is 11.6. The molecular formula is C19H24N2O2S. The molecule has 0 spiro atoms. The molecule has 0 saturated carbocycles. The number of methoxy groups -OCH3 is 2. The summed E-state index contributed by atoms with van der Waals surface area (Å²) in [6, 6.07) is 16.3. The van der Waals surface area contributed by atoms with E-state index in [9.17, 15) is 0 Å². The Balaban J connectivity index is 1.86. The van der Waals surface area contributed by atoms with Crippen LogP contribution in [0.4, 0.5) is 5.69 Å². The van der Waals surface area contributed by atoms with Gasteiger partial charge in [0.2, 0.25) is 0 Å². The molecule has 0 aliphatic carbocycles. The maximum Gasteiger partial charge on any atom is 0.171 e. The van der Waals surface area contributed by atoms with E-state index in [1.54, 1.807) is 14.2 Å². The van der Waals surface area contributed by atoms with Crippen LogP contribution in [0.15, 0.2) is 48.5 Å². The summed E-state index contributed by atoms with van der Waals surface area (Å²) in [5.41, 5.74) is 2.15. The first-order valence-electron chi connectivity index (χ1n) is 7.96. The average molecular weight is 344 g/mol. The lowest BCUT2D eigenvalue weighted by Gasteiger charge is -2.18. The van der Waals surface area contributed by atoms with E-state index in [2.05, 4.69) is 41.8 Å². The first-order valence-corrected chi connectivity index (χ1v) is 8.36. The molecule has 0 bridgehead atoms. The molecular weight excluding hydrogens is 320 g/mol. The van der Waals surface area contributed by atoms with Crippen molar-refractivity contribution in [3.63, 3.8) is 0 Å². The van der Waals surface area contributed by atoms with Crippen LogP contribution in [0.25, 0.3) is 0 Å². The molecule has 0 aliphatic heterocycles. The Bertz CT molecular complexity index is 662. The SMILES string of the molecule is COc1ccc(NC(=S)N[C@@H](C)CCc2ccccc2)c(OC)c1. The number of aryl methyl sites for hydroxylation is 1. The highest BCUT2D eigenvalue weighted by molar-refractivity contribution is 7.80. The summed E-state index contributed by atoms with van der Waals surface area (Å²) in [4.78, 5) is 0. The van der Waals surface area contributed by atoms with Crippen molar-refractivity contribution in [3.8, 4) is 11.5 Å². The summed E-state index contributed by atoms with van der Waals surface area (Å²) in [6.07, 6.45) is 2.02. The molecule has 0 amide bonds. The zero-order valence-electron chi connectivity index (χ0n) is 14.3. The minimum atomic E-state index is 0.273. The zero-order valence-corrected chi connectivity index (χ0v) is 15.2. The monoisotopic (exact) mass is 344 g/mol. The first kappa shape index (κ1) is 18.1. The van der Waals surface area contributed by atoms with E-state index >= 15 is 0 Å². The largest absolute Gasteiger partial charge is 0.497 e. The van der Waals surface area contributed by atoms with E-state index in [0.29, 0.717) is 10.9 Å². The molecule has 0 radical (unpaired) electrons. The van der Waals surface area contributed by atoms with Gasteiger partial charge in [-0.1, -0.05) is 30.3 Å². The molecule has 128 valence electrons. The molecule has 0 unspecified atom stereocenters. The van der Waals surface area contributed by atoms with Gasteiger partial charge in [0.1, 0.15) is 11.5 Å². The molecule has 0 fully saturated rings. The molecule has 1 atom stereocenters. The van der Waals surface area contributed by atoms with Crippen LogP contribution in [0.5, 0.6) is 11.5 Å². The molecule has 2 aromatic carbocycles. The molecule has 2 aromatic rings. The standard InChI is InChI=1S/C19H24N2O2S/c1-14(9-10-15-7-5-4-6-8-15)20-19(24)21-17-12-11-16(22-2)13-18(17)23-3/h4-8,11-14H,9-10H2,1-3H3,(H2,20,21,24)/t14-/m0/s1. The molecule has 0 heterocycles. The summed E-state index contributed by atoms with van der Waals surface area (Å²) >= 11 is 5.40. The molecule has 24 heavy (non-hydrogen) atoms. The van der Waals surface area contributed by atoms with Gasteiger partial charge in [0.05, 0.1) is 19.9 Å². The highest BCUT2D eigenvalue weighted by Gasteiger charge is 2.09. The van der Waals surface area contributed by atoms with Crippen LogP contribution >= 0.6 is 12.2 Å². The lowest BCUT2D eigenvalue weighted by molar-refractivity contribution is 0.395. The van der Waals surface area contributed by atoms with Crippen molar-refractivity contribution in [3.05, 3.63) is 54.1 Å². The Morgan fingerprint density at radius 2 is 1.83 bits per heavy atom. The lowest BCUT2D eigenvalue weighted by Crippen LogP contribution is -2.36. The Labute approximate surface area is 149 Å². The second kappa shape index (κ2) is 9.13. The van der Waals surface area contributed by atoms with E-state index in [-0.39, 0.29) is 6.04 Å². The fourth-order valence-corrected chi connectivity index (χ4v) is 2.70. The van der Waals surface area contributed by atoms with E-state index in [1.165, 1.54) is 5.56 Å². The maximum atomic E-state index is 5.40. The van der Waals surface area contributed by atoms with Gasteiger partial charge in [0, 0.05) is 12.1 Å². The number of nitrogens with one attached hydrogen (secondary N) is 2. The van der Waals surface area contributed by atoms with Crippen LogP contribution in [0, 0.1) is 0 Å². The number of hydrogen-bond donors (Lipinski definition) is 2. The Morgan fingerprint density at radius 1 is 1.08 bits per heavy atom. The maximum absolute atomic E-state index is 5.40. The van der Waals surface area contributed by atoms with Crippen molar-refractivity contribution < 1.29 is 9.47 Å². The summed E-state index contributed by atoms with van der Waals surface area (Å²) < 4.78 is 10.6. The molecule has 2 rings (SSSR count). The van der Waals surface area contributed by atoms with Crippen LogP contribution in [-0.4, -0.2) is 25.4 Å². The molecule has 0 aromatic heterocycles. The van der Waals surface area contributed by atoms with Crippen molar-refractivity contribution in [1.29, 1.82) is 0 Å². The van der Waals surface area contributed by atoms with Gasteiger partial charge >= 0.3 is 0 Å². The number of hydrogen-bond acceptors (Lipinski definition) is 3. The number of benzene rings is 2. The second-order valence-corrected chi connectivity index (χ2v) is 6.00. The van der Waals surface area contributed by atoms with E-state index in [1.807, 2.05) is 24.3 Å². The van der Waals surface area contributed by atoms with Gasteiger partial charge in [0.25, 0.3) is 0 Å². The van der Waals surface area contributed by atoms with Crippen LogP contribution < -0.4 is 20.1 Å². The van der Waals surface area contributed by atoms with Crippen molar-refractivity contribution in [2.24, 2.45) is 0 Å². The smallest absolute Gasteiger partial charge is 0.171 e. The molecule has 4 nitrogen and oxygen atoms in total. The van der Waals surface area contributed by atoms with Crippen LogP contribution in [0.2, 0.25) is 0 Å². The van der Waals surface area contributed by atoms with Crippen LogP contribution in [0.1, 0.15) is 18.9 Å². The highest BCUT2D eigenvalue weighted by Crippen LogP contribution is 2.28. The van der Waals surface area contributed by atoms with Gasteiger partial charge in [-0.3, -0.25) is 0 Å². The molecule has 5 heteroatoms. The number of ether oxygens (including phenoxy) is 2. The molecule has 2 N–H and O–H groups in total. The van der Waals surface area contributed by atoms with Crippen molar-refractivity contribution >= 4 is 23.0 Å². The summed E-state index contributed by atoms with van der Waals surface area (Å²) in [5.74, 6) is 1.43. The zero-order chi connectivity index (χ0) is 17.4. The number of thiocarbonyl (C=S) groups is 1. The number of anilines is 1. The Kier molecular flexibility index (Phi) is 6.88. The average Bonchev–Trinajstić information content (AvgIpc) is 2.61. The quantitative estimate of drug-likeness (QED) is 0.743. The minimum absolute atomic E-state index is 0.273. The van der Waals surface area contributed by atoms with Crippen LogP contribution in [-0.2, 0) is 6.42 Å². The van der Waals surface area contributed by atoms with Crippen LogP contribution in [0.3, 0.4) is 0 Å². The number of rotatable bonds is 7. The second-order valence-electron chi connectivity index (χ2n) is 5.59. The molecule has 0 aliphatic rings. The fraction of sp³-hybridized carbons (Fsp3) is 0.316. The minimum Gasteiger partial charge on any atom is -0.497 e. The predicted molar refractivity (Wildman–Crippen MR) is 103 cm³/mol. The van der Waals surface area contributed by atoms with E-state index in [4.69, 9.17) is 21.7 Å². The lowest BCUT2D eigenvalue weighted by atomic mass is 10.1. The van der Waals surface area contributed by atoms with E-state index < -0.39 is 0 Å². The van der Waals surface area contributed by atoms with Gasteiger partial charge in [-0.2, -0.15) is 0 Å².